The number of nitrogens with zero attached hydrogens (tertiary/aromatic N) is 5. The Bertz CT molecular complexity index is 2320. The molecule has 3 fully saturated rings. The number of carbonyl (C=O) groups excluding carboxylic acids is 5. The SMILES string of the molecule is C=CC(=O)N1CCCC1.CC.CCn1c(-c2cccnc2C2CCCO2)c(CC(C)(C)COC=O)c2cc(-c3cccc(CC(NC(=O)C(C(C)C)N(C)C=O)C(=O)N4CCCCN4)c3)ccc21. The number of amides is 4. The summed E-state index contributed by atoms with van der Waals surface area (Å²) in [5.41, 5.74) is 11.1. The van der Waals surface area contributed by atoms with Gasteiger partial charge in [0.2, 0.25) is 18.2 Å². The molecule has 68 heavy (non-hydrogen) atoms. The van der Waals surface area contributed by atoms with Crippen molar-refractivity contribution < 1.29 is 33.4 Å². The molecule has 2 aromatic heterocycles. The minimum atomic E-state index is -0.844. The number of likely N-dealkylation sites (N-methyl/N-ethyl adjacent to an activating group) is 1. The molecular formula is C54H75N7O7. The zero-order valence-corrected chi connectivity index (χ0v) is 41.7. The van der Waals surface area contributed by atoms with Gasteiger partial charge in [0.05, 0.1) is 18.0 Å². The van der Waals surface area contributed by atoms with Gasteiger partial charge in [0, 0.05) is 80.9 Å². The molecule has 2 N–H and O–H groups in total. The minimum Gasteiger partial charge on any atom is -0.467 e. The number of hydrazine groups is 1. The summed E-state index contributed by atoms with van der Waals surface area (Å²) < 4.78 is 13.9. The fourth-order valence-electron chi connectivity index (χ4n) is 9.60. The van der Waals surface area contributed by atoms with Crippen LogP contribution in [0, 0.1) is 11.3 Å². The number of hydrogen-bond acceptors (Lipinski definition) is 9. The maximum absolute atomic E-state index is 14.0. The third-order valence-electron chi connectivity index (χ3n) is 12.8. The van der Waals surface area contributed by atoms with Crippen molar-refractivity contribution in [2.75, 3.05) is 46.4 Å². The highest BCUT2D eigenvalue weighted by Gasteiger charge is 2.34. The van der Waals surface area contributed by atoms with Crippen LogP contribution in [0.5, 0.6) is 0 Å². The van der Waals surface area contributed by atoms with E-state index in [4.69, 9.17) is 14.5 Å². The van der Waals surface area contributed by atoms with Crippen molar-refractivity contribution in [2.45, 2.75) is 125 Å². The van der Waals surface area contributed by atoms with Gasteiger partial charge in [-0.25, -0.2) is 5.43 Å². The molecule has 368 valence electrons. The van der Waals surface area contributed by atoms with E-state index in [2.05, 4.69) is 79.1 Å². The van der Waals surface area contributed by atoms with Gasteiger partial charge in [-0.3, -0.25) is 34.0 Å². The number of carbonyl (C=O) groups is 5. The van der Waals surface area contributed by atoms with Crippen LogP contribution in [0.2, 0.25) is 0 Å². The van der Waals surface area contributed by atoms with Crippen molar-refractivity contribution >= 4 is 41.5 Å². The second-order valence-corrected chi connectivity index (χ2v) is 18.8. The van der Waals surface area contributed by atoms with Crippen molar-refractivity contribution in [3.63, 3.8) is 0 Å². The molecule has 14 nitrogen and oxygen atoms in total. The minimum absolute atomic E-state index is 0.0737. The lowest BCUT2D eigenvalue weighted by Gasteiger charge is -2.33. The first-order valence-corrected chi connectivity index (χ1v) is 24.6. The number of benzene rings is 2. The van der Waals surface area contributed by atoms with Crippen LogP contribution in [0.3, 0.4) is 0 Å². The van der Waals surface area contributed by atoms with Crippen molar-refractivity contribution in [2.24, 2.45) is 11.3 Å². The molecule has 5 heterocycles. The topological polar surface area (TPSA) is 155 Å². The first-order chi connectivity index (χ1) is 32.8. The van der Waals surface area contributed by atoms with Crippen LogP contribution in [0.4, 0.5) is 0 Å². The summed E-state index contributed by atoms with van der Waals surface area (Å²) in [5.74, 6) is -0.645. The van der Waals surface area contributed by atoms with Crippen molar-refractivity contribution in [3.05, 3.63) is 90.3 Å². The Kier molecular flexibility index (Phi) is 19.9. The predicted octanol–water partition coefficient (Wildman–Crippen LogP) is 8.07. The fourth-order valence-corrected chi connectivity index (χ4v) is 9.60. The molecule has 0 bridgehead atoms. The van der Waals surface area contributed by atoms with E-state index in [0.29, 0.717) is 32.4 Å². The smallest absolute Gasteiger partial charge is 0.293 e. The van der Waals surface area contributed by atoms with E-state index < -0.39 is 12.1 Å². The first kappa shape index (κ1) is 53.1. The molecule has 3 aliphatic rings. The molecule has 3 saturated heterocycles. The number of nitrogens with one attached hydrogen (secondary N) is 2. The maximum atomic E-state index is 14.0. The number of hydrogen-bond donors (Lipinski definition) is 2. The van der Waals surface area contributed by atoms with E-state index in [9.17, 15) is 24.0 Å². The Morgan fingerprint density at radius 2 is 1.74 bits per heavy atom. The molecule has 0 radical (unpaired) electrons. The molecule has 4 amide bonds. The standard InChI is InChI=1S/C45H58N6O6.C7H11NO.C2H6/c1-7-50-38-18-17-33(25-35(38)36(26-45(4,5)27-56-29-53)42(50)34-15-11-19-46-40(34)39-16-12-22-57-39)32-14-10-13-31(23-32)24-37(44(55)51-21-9-8-20-47-51)48-43(54)41(30(2)3)49(6)28-52;1-2-7(9)8-5-3-4-6-8;1-2/h10-11,13-15,17-19,23,25,28-30,37,39,41,47H,7-9,12,16,20-22,24,26-27H2,1-6H3,(H,48,54);2H,1,3-6H2;1-2H3. The number of rotatable bonds is 18. The van der Waals surface area contributed by atoms with Gasteiger partial charge in [-0.1, -0.05) is 78.5 Å². The summed E-state index contributed by atoms with van der Waals surface area (Å²) in [6.07, 6.45) is 10.8. The van der Waals surface area contributed by atoms with Crippen molar-refractivity contribution in [3.8, 4) is 22.4 Å². The Morgan fingerprint density at radius 3 is 2.37 bits per heavy atom. The molecule has 4 aromatic rings. The Labute approximate surface area is 403 Å². The van der Waals surface area contributed by atoms with Gasteiger partial charge in [0.15, 0.2) is 0 Å². The van der Waals surface area contributed by atoms with Crippen LogP contribution in [0.25, 0.3) is 33.3 Å². The van der Waals surface area contributed by atoms with Crippen LogP contribution < -0.4 is 10.7 Å². The molecular weight excluding hydrogens is 859 g/mol. The lowest BCUT2D eigenvalue weighted by atomic mass is 9.84. The number of likely N-dealkylation sites (tertiary alicyclic amines) is 1. The van der Waals surface area contributed by atoms with E-state index in [1.54, 1.807) is 12.1 Å². The highest BCUT2D eigenvalue weighted by atomic mass is 16.5. The summed E-state index contributed by atoms with van der Waals surface area (Å²) in [6.45, 7) is 22.9. The molecule has 14 heteroatoms. The summed E-state index contributed by atoms with van der Waals surface area (Å²) in [7, 11) is 1.59. The Morgan fingerprint density at radius 1 is 1.00 bits per heavy atom. The third-order valence-corrected chi connectivity index (χ3v) is 12.8. The second kappa shape index (κ2) is 25.5. The van der Waals surface area contributed by atoms with Crippen LogP contribution >= 0.6 is 0 Å². The fraction of sp³-hybridized carbons (Fsp3) is 0.519. The van der Waals surface area contributed by atoms with Gasteiger partial charge in [-0.15, -0.1) is 0 Å². The maximum Gasteiger partial charge on any atom is 0.293 e. The highest BCUT2D eigenvalue weighted by Crippen LogP contribution is 2.43. The number of aromatic nitrogens is 2. The molecule has 3 unspecified atom stereocenters. The van der Waals surface area contributed by atoms with Crippen molar-refractivity contribution in [1.82, 2.24) is 35.1 Å². The van der Waals surface area contributed by atoms with Crippen LogP contribution in [0.1, 0.15) is 110 Å². The predicted molar refractivity (Wildman–Crippen MR) is 268 cm³/mol. The van der Waals surface area contributed by atoms with Gasteiger partial charge in [-0.2, -0.15) is 0 Å². The van der Waals surface area contributed by atoms with Gasteiger partial charge in [0.25, 0.3) is 12.4 Å². The van der Waals surface area contributed by atoms with Gasteiger partial charge >= 0.3 is 0 Å². The normalized spacial score (nSPS) is 16.8. The average Bonchev–Trinajstić information content (AvgIpc) is 4.16. The average molecular weight is 934 g/mol. The summed E-state index contributed by atoms with van der Waals surface area (Å²) in [6, 6.07) is 17.2. The zero-order valence-electron chi connectivity index (χ0n) is 41.7. The lowest BCUT2D eigenvalue weighted by molar-refractivity contribution is -0.142. The van der Waals surface area contributed by atoms with E-state index in [1.165, 1.54) is 11.0 Å². The van der Waals surface area contributed by atoms with Gasteiger partial charge in [-0.05, 0) is 110 Å². The molecule has 0 spiro atoms. The van der Waals surface area contributed by atoms with Crippen molar-refractivity contribution in [1.29, 1.82) is 0 Å². The van der Waals surface area contributed by atoms with E-state index in [-0.39, 0.29) is 48.2 Å². The van der Waals surface area contributed by atoms with Crippen LogP contribution in [-0.4, -0.2) is 113 Å². The summed E-state index contributed by atoms with van der Waals surface area (Å²) in [4.78, 5) is 69.6. The molecule has 3 atom stereocenters. The molecule has 7 rings (SSSR count). The second-order valence-electron chi connectivity index (χ2n) is 18.8. The molecule has 0 aliphatic carbocycles. The Balaban J connectivity index is 0.000000696. The number of pyridine rings is 1. The highest BCUT2D eigenvalue weighted by molar-refractivity contribution is 5.95. The first-order valence-electron chi connectivity index (χ1n) is 24.6. The largest absolute Gasteiger partial charge is 0.467 e. The molecule has 3 aliphatic heterocycles. The third kappa shape index (κ3) is 13.2. The van der Waals surface area contributed by atoms with Gasteiger partial charge in [0.1, 0.15) is 18.2 Å². The number of ether oxygens (including phenoxy) is 2. The molecule has 0 saturated carbocycles. The lowest BCUT2D eigenvalue weighted by Crippen LogP contribution is -2.58. The van der Waals surface area contributed by atoms with E-state index >= 15 is 0 Å². The van der Waals surface area contributed by atoms with Crippen LogP contribution in [-0.2, 0) is 52.8 Å². The summed E-state index contributed by atoms with van der Waals surface area (Å²) >= 11 is 0. The quantitative estimate of drug-likeness (QED) is 0.0745. The zero-order chi connectivity index (χ0) is 49.4. The number of aryl methyl sites for hydroxylation is 1. The van der Waals surface area contributed by atoms with E-state index in [1.807, 2.05) is 57.0 Å². The summed E-state index contributed by atoms with van der Waals surface area (Å²) in [5, 5.41) is 5.74. The Hall–Kier alpha value is -5.86. The number of fused-ring (bicyclic) bond motifs is 1. The molecule has 2 aromatic carbocycles. The van der Waals surface area contributed by atoms with E-state index in [0.717, 1.165) is 115 Å². The monoisotopic (exact) mass is 934 g/mol. The van der Waals surface area contributed by atoms with Gasteiger partial charge < -0.3 is 29.2 Å². The van der Waals surface area contributed by atoms with Crippen LogP contribution in [0.15, 0.2) is 73.4 Å².